The summed E-state index contributed by atoms with van der Waals surface area (Å²) in [6.45, 7) is 0. The zero-order valence-corrected chi connectivity index (χ0v) is 12.9. The molecule has 0 radical (unpaired) electrons. The first-order chi connectivity index (χ1) is 11.6. The SMILES string of the molecule is NC1=NN=C(c2ccc(Cl)c([N+](=O)[O-])c2)/C1=N\Nc1ccccc1. The van der Waals surface area contributed by atoms with E-state index in [1.807, 2.05) is 30.3 Å². The second kappa shape index (κ2) is 6.47. The number of nitro groups is 1. The molecule has 1 aliphatic rings. The Bertz CT molecular complexity index is 892. The highest BCUT2D eigenvalue weighted by molar-refractivity contribution is 6.72. The van der Waals surface area contributed by atoms with Gasteiger partial charge >= 0.3 is 0 Å². The van der Waals surface area contributed by atoms with Crippen molar-refractivity contribution in [3.63, 3.8) is 0 Å². The second-order valence-electron chi connectivity index (χ2n) is 4.80. The lowest BCUT2D eigenvalue weighted by Crippen LogP contribution is -2.28. The first-order valence-electron chi connectivity index (χ1n) is 6.81. The molecule has 0 unspecified atom stereocenters. The van der Waals surface area contributed by atoms with Crippen molar-refractivity contribution < 1.29 is 4.92 Å². The standard InChI is InChI=1S/C15H11ClN6O2/c16-11-7-6-9(8-12(11)22(23)24)13-14(15(17)21-19-13)20-18-10-4-2-1-3-5-10/h1-8,18H,(H2,17,20,21). The number of hydrogen-bond acceptors (Lipinski definition) is 7. The average molecular weight is 343 g/mol. The van der Waals surface area contributed by atoms with Crippen LogP contribution < -0.4 is 11.2 Å². The lowest BCUT2D eigenvalue weighted by atomic mass is 10.1. The number of nitrogens with two attached hydrogens (primary N) is 1. The summed E-state index contributed by atoms with van der Waals surface area (Å²) in [6, 6.07) is 13.6. The summed E-state index contributed by atoms with van der Waals surface area (Å²) >= 11 is 5.83. The Hall–Kier alpha value is -3.26. The minimum Gasteiger partial charge on any atom is -0.380 e. The largest absolute Gasteiger partial charge is 0.380 e. The molecule has 0 aliphatic carbocycles. The zero-order chi connectivity index (χ0) is 17.1. The Labute approximate surface area is 141 Å². The number of hydrazone groups is 1. The number of para-hydroxylation sites is 1. The van der Waals surface area contributed by atoms with Crippen LogP contribution in [0.1, 0.15) is 5.56 Å². The van der Waals surface area contributed by atoms with Crippen molar-refractivity contribution in [2.75, 3.05) is 5.43 Å². The summed E-state index contributed by atoms with van der Waals surface area (Å²) in [7, 11) is 0. The van der Waals surface area contributed by atoms with E-state index in [1.165, 1.54) is 12.1 Å². The van der Waals surface area contributed by atoms with E-state index < -0.39 is 4.92 Å². The normalized spacial score (nSPS) is 15.1. The molecule has 8 nitrogen and oxygen atoms in total. The zero-order valence-electron chi connectivity index (χ0n) is 12.2. The summed E-state index contributed by atoms with van der Waals surface area (Å²) in [5, 5.41) is 23.0. The summed E-state index contributed by atoms with van der Waals surface area (Å²) in [4.78, 5) is 10.5. The predicted octanol–water partition coefficient (Wildman–Crippen LogP) is 2.79. The van der Waals surface area contributed by atoms with Crippen LogP contribution in [0.15, 0.2) is 63.8 Å². The number of amidine groups is 1. The van der Waals surface area contributed by atoms with E-state index in [1.54, 1.807) is 6.07 Å². The van der Waals surface area contributed by atoms with Crippen LogP contribution in [-0.2, 0) is 0 Å². The molecule has 0 aromatic heterocycles. The van der Waals surface area contributed by atoms with Gasteiger partial charge in [0.2, 0.25) is 0 Å². The van der Waals surface area contributed by atoms with Crippen molar-refractivity contribution in [2.45, 2.75) is 0 Å². The third kappa shape index (κ3) is 3.08. The molecule has 0 saturated heterocycles. The molecule has 1 heterocycles. The number of halogens is 1. The van der Waals surface area contributed by atoms with Crippen molar-refractivity contribution in [3.8, 4) is 0 Å². The van der Waals surface area contributed by atoms with Gasteiger partial charge in [0, 0.05) is 11.6 Å². The first-order valence-corrected chi connectivity index (χ1v) is 7.19. The number of nitrogens with one attached hydrogen (secondary N) is 1. The van der Waals surface area contributed by atoms with E-state index in [-0.39, 0.29) is 16.5 Å². The van der Waals surface area contributed by atoms with Crippen LogP contribution in [0.3, 0.4) is 0 Å². The molecule has 3 rings (SSSR count). The summed E-state index contributed by atoms with van der Waals surface area (Å²) in [6.07, 6.45) is 0. The van der Waals surface area contributed by atoms with E-state index in [0.29, 0.717) is 17.0 Å². The van der Waals surface area contributed by atoms with Crippen LogP contribution in [0.4, 0.5) is 11.4 Å². The molecule has 2 aromatic carbocycles. The molecular weight excluding hydrogens is 332 g/mol. The van der Waals surface area contributed by atoms with Gasteiger partial charge < -0.3 is 5.73 Å². The molecule has 0 atom stereocenters. The fraction of sp³-hybridized carbons (Fsp3) is 0. The molecule has 120 valence electrons. The predicted molar refractivity (Wildman–Crippen MR) is 93.8 cm³/mol. The van der Waals surface area contributed by atoms with E-state index in [9.17, 15) is 10.1 Å². The molecule has 0 amide bonds. The molecule has 9 heteroatoms. The van der Waals surface area contributed by atoms with Crippen molar-refractivity contribution in [2.24, 2.45) is 21.0 Å². The maximum atomic E-state index is 11.0. The number of hydrogen-bond donors (Lipinski definition) is 2. The number of rotatable bonds is 4. The number of anilines is 1. The Morgan fingerprint density at radius 1 is 1.17 bits per heavy atom. The Morgan fingerprint density at radius 2 is 1.92 bits per heavy atom. The third-order valence-electron chi connectivity index (χ3n) is 3.21. The van der Waals surface area contributed by atoms with Gasteiger partial charge in [-0.25, -0.2) is 0 Å². The van der Waals surface area contributed by atoms with Crippen LogP contribution in [0.25, 0.3) is 0 Å². The molecule has 0 fully saturated rings. The smallest absolute Gasteiger partial charge is 0.288 e. The Balaban J connectivity index is 1.93. The van der Waals surface area contributed by atoms with E-state index in [2.05, 4.69) is 20.7 Å². The van der Waals surface area contributed by atoms with Crippen molar-refractivity contribution >= 4 is 40.2 Å². The fourth-order valence-corrected chi connectivity index (χ4v) is 2.24. The van der Waals surface area contributed by atoms with Crippen molar-refractivity contribution in [1.29, 1.82) is 0 Å². The van der Waals surface area contributed by atoms with Crippen molar-refractivity contribution in [3.05, 3.63) is 69.2 Å². The van der Waals surface area contributed by atoms with Gasteiger partial charge in [-0.2, -0.15) is 5.10 Å². The van der Waals surface area contributed by atoms with E-state index >= 15 is 0 Å². The first kappa shape index (κ1) is 15.6. The van der Waals surface area contributed by atoms with Crippen LogP contribution >= 0.6 is 11.6 Å². The maximum Gasteiger partial charge on any atom is 0.288 e. The van der Waals surface area contributed by atoms with Crippen molar-refractivity contribution in [1.82, 2.24) is 0 Å². The molecule has 24 heavy (non-hydrogen) atoms. The molecule has 0 saturated carbocycles. The highest BCUT2D eigenvalue weighted by Gasteiger charge is 2.24. The number of nitro benzene ring substituents is 1. The second-order valence-corrected chi connectivity index (χ2v) is 5.20. The minimum absolute atomic E-state index is 0.0390. The quantitative estimate of drug-likeness (QED) is 0.655. The maximum absolute atomic E-state index is 11.0. The molecule has 2 aromatic rings. The van der Waals surface area contributed by atoms with Crippen LogP contribution in [0.5, 0.6) is 0 Å². The summed E-state index contributed by atoms with van der Waals surface area (Å²) < 4.78 is 0. The van der Waals surface area contributed by atoms with Gasteiger partial charge in [-0.15, -0.1) is 10.2 Å². The number of benzene rings is 2. The van der Waals surface area contributed by atoms with E-state index in [4.69, 9.17) is 17.3 Å². The van der Waals surface area contributed by atoms with Crippen LogP contribution in [-0.4, -0.2) is 22.2 Å². The summed E-state index contributed by atoms with van der Waals surface area (Å²) in [5.41, 5.74) is 10.3. The molecule has 1 aliphatic heterocycles. The lowest BCUT2D eigenvalue weighted by molar-refractivity contribution is -0.384. The monoisotopic (exact) mass is 342 g/mol. The highest BCUT2D eigenvalue weighted by Crippen LogP contribution is 2.26. The van der Waals surface area contributed by atoms with Gasteiger partial charge in [0.25, 0.3) is 5.69 Å². The molecule has 3 N–H and O–H groups in total. The minimum atomic E-state index is -0.565. The van der Waals surface area contributed by atoms with Gasteiger partial charge in [0.1, 0.15) is 10.7 Å². The average Bonchev–Trinajstić information content (AvgIpc) is 2.95. The number of nitrogens with zero attached hydrogens (tertiary/aromatic N) is 4. The topological polar surface area (TPSA) is 118 Å². The highest BCUT2D eigenvalue weighted by atomic mass is 35.5. The van der Waals surface area contributed by atoms with Gasteiger partial charge in [0.15, 0.2) is 11.5 Å². The Kier molecular flexibility index (Phi) is 4.21. The fourth-order valence-electron chi connectivity index (χ4n) is 2.06. The molecule has 0 bridgehead atoms. The molecular formula is C15H11ClN6O2. The summed E-state index contributed by atoms with van der Waals surface area (Å²) in [5.74, 6) is 0.117. The van der Waals surface area contributed by atoms with Crippen LogP contribution in [0, 0.1) is 10.1 Å². The van der Waals surface area contributed by atoms with Gasteiger partial charge in [-0.1, -0.05) is 35.9 Å². The molecule has 0 spiro atoms. The van der Waals surface area contributed by atoms with Gasteiger partial charge in [0.05, 0.1) is 10.6 Å². The lowest BCUT2D eigenvalue weighted by Gasteiger charge is -2.05. The third-order valence-corrected chi connectivity index (χ3v) is 3.53. The van der Waals surface area contributed by atoms with Gasteiger partial charge in [-0.3, -0.25) is 15.5 Å². The van der Waals surface area contributed by atoms with E-state index in [0.717, 1.165) is 5.69 Å². The van der Waals surface area contributed by atoms with Crippen LogP contribution in [0.2, 0.25) is 5.02 Å². The Morgan fingerprint density at radius 3 is 2.62 bits per heavy atom. The van der Waals surface area contributed by atoms with Gasteiger partial charge in [-0.05, 0) is 18.2 Å².